The molecule has 0 aliphatic carbocycles. The predicted molar refractivity (Wildman–Crippen MR) is 75.2 cm³/mol. The van der Waals surface area contributed by atoms with E-state index in [0.717, 1.165) is 4.90 Å². The molecule has 2 rings (SSSR count). The Kier molecular flexibility index (Phi) is 4.85. The van der Waals surface area contributed by atoms with Crippen molar-refractivity contribution in [1.29, 1.82) is 0 Å². The van der Waals surface area contributed by atoms with E-state index in [0.29, 0.717) is 18.8 Å². The second-order valence-electron chi connectivity index (χ2n) is 4.75. The van der Waals surface area contributed by atoms with Crippen molar-refractivity contribution < 1.29 is 14.6 Å². The first-order valence-corrected chi connectivity index (χ1v) is 7.37. The molecule has 4 nitrogen and oxygen atoms in total. The van der Waals surface area contributed by atoms with E-state index >= 15 is 0 Å². The lowest BCUT2D eigenvalue weighted by Crippen LogP contribution is -2.47. The summed E-state index contributed by atoms with van der Waals surface area (Å²) in [6.45, 7) is 2.63. The van der Waals surface area contributed by atoms with Crippen LogP contribution >= 0.6 is 11.8 Å². The molecule has 0 spiro atoms. The molecule has 1 aliphatic rings. The number of aliphatic hydroxyl groups is 1. The molecule has 1 aromatic carbocycles. The molecule has 0 bridgehead atoms. The van der Waals surface area contributed by atoms with Gasteiger partial charge in [-0.05, 0) is 19.1 Å². The fourth-order valence-electron chi connectivity index (χ4n) is 1.97. The zero-order chi connectivity index (χ0) is 13.7. The first-order valence-electron chi connectivity index (χ1n) is 6.39. The number of ether oxygens (including phenoxy) is 1. The van der Waals surface area contributed by atoms with E-state index in [4.69, 9.17) is 4.74 Å². The summed E-state index contributed by atoms with van der Waals surface area (Å²) < 4.78 is 5.32. The summed E-state index contributed by atoms with van der Waals surface area (Å²) >= 11 is 1.49. The number of thioether (sulfide) groups is 1. The molecule has 1 amide bonds. The van der Waals surface area contributed by atoms with Crippen LogP contribution in [0.25, 0.3) is 0 Å². The largest absolute Gasteiger partial charge is 0.385 e. The number of carbonyl (C=O) groups is 1. The van der Waals surface area contributed by atoms with Crippen molar-refractivity contribution in [1.82, 2.24) is 5.32 Å². The minimum Gasteiger partial charge on any atom is -0.385 e. The second kappa shape index (κ2) is 6.41. The van der Waals surface area contributed by atoms with Gasteiger partial charge in [0.15, 0.2) is 0 Å². The molecule has 19 heavy (non-hydrogen) atoms. The minimum absolute atomic E-state index is 0.0682. The van der Waals surface area contributed by atoms with E-state index in [9.17, 15) is 9.90 Å². The predicted octanol–water partition coefficient (Wildman–Crippen LogP) is 1.43. The third kappa shape index (κ3) is 3.96. The molecule has 2 unspecified atom stereocenters. The number of carbonyl (C=O) groups excluding carboxylic acids is 1. The van der Waals surface area contributed by atoms with Crippen LogP contribution in [0, 0.1) is 0 Å². The number of rotatable bonds is 5. The van der Waals surface area contributed by atoms with Gasteiger partial charge in [-0.15, -0.1) is 11.8 Å². The average Bonchev–Trinajstić information content (AvgIpc) is 2.76. The smallest absolute Gasteiger partial charge is 0.230 e. The van der Waals surface area contributed by atoms with Crippen LogP contribution in [0.5, 0.6) is 0 Å². The monoisotopic (exact) mass is 281 g/mol. The van der Waals surface area contributed by atoms with Crippen molar-refractivity contribution in [3.8, 4) is 0 Å². The Balaban J connectivity index is 1.73. The molecule has 2 N–H and O–H groups in total. The summed E-state index contributed by atoms with van der Waals surface area (Å²) in [7, 11) is 0. The molecule has 0 aromatic heterocycles. The lowest BCUT2D eigenvalue weighted by molar-refractivity contribution is -0.120. The number of amides is 1. The van der Waals surface area contributed by atoms with Crippen LogP contribution in [-0.4, -0.2) is 41.6 Å². The Morgan fingerprint density at radius 3 is 2.89 bits per heavy atom. The van der Waals surface area contributed by atoms with Gasteiger partial charge in [0, 0.05) is 24.5 Å². The van der Waals surface area contributed by atoms with Crippen LogP contribution in [0.15, 0.2) is 35.2 Å². The molecule has 1 fully saturated rings. The third-order valence-corrected chi connectivity index (χ3v) is 4.38. The zero-order valence-electron chi connectivity index (χ0n) is 11.0. The van der Waals surface area contributed by atoms with Crippen molar-refractivity contribution in [2.75, 3.05) is 18.9 Å². The van der Waals surface area contributed by atoms with Gasteiger partial charge in [0.25, 0.3) is 0 Å². The molecule has 2 atom stereocenters. The van der Waals surface area contributed by atoms with Crippen LogP contribution in [0.4, 0.5) is 0 Å². The topological polar surface area (TPSA) is 58.6 Å². The quantitative estimate of drug-likeness (QED) is 0.802. The van der Waals surface area contributed by atoms with Crippen LogP contribution < -0.4 is 5.32 Å². The van der Waals surface area contributed by atoms with Gasteiger partial charge in [-0.3, -0.25) is 4.79 Å². The fraction of sp³-hybridized carbons (Fsp3) is 0.500. The molecule has 0 radical (unpaired) electrons. The van der Waals surface area contributed by atoms with Gasteiger partial charge in [-0.2, -0.15) is 0 Å². The number of hydrogen-bond donors (Lipinski definition) is 2. The standard InChI is InChI=1S/C14H19NO3S/c1-11-14(17,7-8-18-11)10-15-13(16)9-19-12-5-3-2-4-6-12/h2-6,11,17H,7-10H2,1H3,(H,15,16). The summed E-state index contributed by atoms with van der Waals surface area (Å²) in [4.78, 5) is 12.8. The Bertz CT molecular complexity index is 426. The molecular weight excluding hydrogens is 262 g/mol. The van der Waals surface area contributed by atoms with E-state index in [2.05, 4.69) is 5.32 Å². The highest BCUT2D eigenvalue weighted by atomic mass is 32.2. The molecule has 1 saturated heterocycles. The molecule has 104 valence electrons. The lowest BCUT2D eigenvalue weighted by atomic mass is 9.97. The molecule has 1 heterocycles. The Labute approximate surface area is 117 Å². The Morgan fingerprint density at radius 1 is 1.53 bits per heavy atom. The van der Waals surface area contributed by atoms with E-state index in [1.807, 2.05) is 37.3 Å². The lowest BCUT2D eigenvalue weighted by Gasteiger charge is -2.26. The summed E-state index contributed by atoms with van der Waals surface area (Å²) in [6.07, 6.45) is 0.342. The van der Waals surface area contributed by atoms with Gasteiger partial charge in [0.2, 0.25) is 5.91 Å². The van der Waals surface area contributed by atoms with Crippen LogP contribution in [0.2, 0.25) is 0 Å². The average molecular weight is 281 g/mol. The number of nitrogens with one attached hydrogen (secondary N) is 1. The SMILES string of the molecule is CC1OCCC1(O)CNC(=O)CSc1ccccc1. The Morgan fingerprint density at radius 2 is 2.26 bits per heavy atom. The molecule has 1 aromatic rings. The highest BCUT2D eigenvalue weighted by Gasteiger charge is 2.39. The van der Waals surface area contributed by atoms with E-state index in [1.54, 1.807) is 0 Å². The van der Waals surface area contributed by atoms with Crippen molar-refractivity contribution in [2.45, 2.75) is 29.9 Å². The van der Waals surface area contributed by atoms with Crippen LogP contribution in [0.3, 0.4) is 0 Å². The summed E-state index contributed by atoms with van der Waals surface area (Å²) in [5, 5.41) is 13.0. The fourth-order valence-corrected chi connectivity index (χ4v) is 2.72. The maximum absolute atomic E-state index is 11.7. The molecule has 0 saturated carbocycles. The van der Waals surface area contributed by atoms with Gasteiger partial charge < -0.3 is 15.2 Å². The highest BCUT2D eigenvalue weighted by Crippen LogP contribution is 2.24. The highest BCUT2D eigenvalue weighted by molar-refractivity contribution is 8.00. The first kappa shape index (κ1) is 14.4. The van der Waals surface area contributed by atoms with Crippen molar-refractivity contribution in [3.05, 3.63) is 30.3 Å². The van der Waals surface area contributed by atoms with Gasteiger partial charge >= 0.3 is 0 Å². The first-order chi connectivity index (χ1) is 9.10. The van der Waals surface area contributed by atoms with Gasteiger partial charge in [-0.25, -0.2) is 0 Å². The number of hydrogen-bond acceptors (Lipinski definition) is 4. The Hall–Kier alpha value is -1.04. The third-order valence-electron chi connectivity index (χ3n) is 3.36. The van der Waals surface area contributed by atoms with Gasteiger partial charge in [0.1, 0.15) is 5.60 Å². The zero-order valence-corrected chi connectivity index (χ0v) is 11.8. The minimum atomic E-state index is -0.924. The second-order valence-corrected chi connectivity index (χ2v) is 5.79. The van der Waals surface area contributed by atoms with Crippen molar-refractivity contribution in [2.24, 2.45) is 0 Å². The van der Waals surface area contributed by atoms with E-state index in [1.165, 1.54) is 11.8 Å². The van der Waals surface area contributed by atoms with Crippen molar-refractivity contribution in [3.63, 3.8) is 0 Å². The summed E-state index contributed by atoms with van der Waals surface area (Å²) in [5.74, 6) is 0.288. The van der Waals surface area contributed by atoms with E-state index in [-0.39, 0.29) is 18.6 Å². The van der Waals surface area contributed by atoms with Crippen molar-refractivity contribution >= 4 is 17.7 Å². The van der Waals surface area contributed by atoms with Gasteiger partial charge in [-0.1, -0.05) is 18.2 Å². The molecule has 1 aliphatic heterocycles. The van der Waals surface area contributed by atoms with E-state index < -0.39 is 5.60 Å². The maximum Gasteiger partial charge on any atom is 0.230 e. The number of benzene rings is 1. The maximum atomic E-state index is 11.7. The summed E-state index contributed by atoms with van der Waals surface area (Å²) in [5.41, 5.74) is -0.924. The normalized spacial score (nSPS) is 26.3. The molecular formula is C14H19NO3S. The van der Waals surface area contributed by atoms with Crippen LogP contribution in [-0.2, 0) is 9.53 Å². The van der Waals surface area contributed by atoms with Gasteiger partial charge in [0.05, 0.1) is 11.9 Å². The summed E-state index contributed by atoms with van der Waals surface area (Å²) in [6, 6.07) is 9.78. The molecule has 5 heteroatoms. The van der Waals surface area contributed by atoms with Crippen LogP contribution in [0.1, 0.15) is 13.3 Å².